The van der Waals surface area contributed by atoms with Crippen LogP contribution in [0.15, 0.2) is 29.4 Å². The predicted octanol–water partition coefficient (Wildman–Crippen LogP) is 1.57. The molecule has 1 aromatic carbocycles. The number of benzene rings is 1. The summed E-state index contributed by atoms with van der Waals surface area (Å²) in [4.78, 5) is 0. The fourth-order valence-electron chi connectivity index (χ4n) is 1.27. The van der Waals surface area contributed by atoms with Gasteiger partial charge in [0, 0.05) is 12.8 Å². The van der Waals surface area contributed by atoms with Crippen molar-refractivity contribution in [1.82, 2.24) is 0 Å². The van der Waals surface area contributed by atoms with Crippen LogP contribution in [-0.4, -0.2) is 6.21 Å². The summed E-state index contributed by atoms with van der Waals surface area (Å²) in [6.45, 7) is 0.558. The number of hydrogen-bond acceptors (Lipinski definition) is 3. The van der Waals surface area contributed by atoms with Crippen LogP contribution < -0.4 is 11.2 Å². The average molecular weight is 173 g/mol. The molecule has 13 heavy (non-hydrogen) atoms. The van der Waals surface area contributed by atoms with Crippen molar-refractivity contribution in [1.29, 1.82) is 0 Å². The van der Waals surface area contributed by atoms with E-state index in [-0.39, 0.29) is 0 Å². The average Bonchev–Trinajstić information content (AvgIpc) is 2.41. The van der Waals surface area contributed by atoms with Crippen molar-refractivity contribution in [3.05, 3.63) is 35.4 Å². The van der Waals surface area contributed by atoms with Crippen LogP contribution in [0.4, 0.5) is 5.69 Å². The zero-order valence-corrected chi connectivity index (χ0v) is 7.20. The Morgan fingerprint density at radius 1 is 1.38 bits per heavy atom. The second kappa shape index (κ2) is 3.41. The normalized spacial score (nSPS) is 13.3. The van der Waals surface area contributed by atoms with E-state index in [2.05, 4.69) is 10.5 Å². The highest BCUT2D eigenvalue weighted by Gasteiger charge is 2.00. The molecule has 0 unspecified atom stereocenters. The van der Waals surface area contributed by atoms with Crippen LogP contribution >= 0.6 is 0 Å². The molecule has 0 atom stereocenters. The Kier molecular flexibility index (Phi) is 2.10. The predicted molar refractivity (Wildman–Crippen MR) is 55.5 cm³/mol. The van der Waals surface area contributed by atoms with Crippen LogP contribution in [0.3, 0.4) is 0 Å². The minimum atomic E-state index is 0.558. The number of hydrazone groups is 1. The fourth-order valence-corrected chi connectivity index (χ4v) is 1.27. The van der Waals surface area contributed by atoms with Crippen LogP contribution in [0.2, 0.25) is 0 Å². The monoisotopic (exact) mass is 173 g/mol. The van der Waals surface area contributed by atoms with Crippen LogP contribution in [0.1, 0.15) is 11.1 Å². The molecular formula is C10H11N3. The lowest BCUT2D eigenvalue weighted by Gasteiger charge is -2.05. The molecule has 1 aromatic rings. The Hall–Kier alpha value is -1.61. The van der Waals surface area contributed by atoms with Crippen LogP contribution in [-0.2, 0) is 6.54 Å². The molecule has 0 saturated carbocycles. The van der Waals surface area contributed by atoms with Crippen molar-refractivity contribution in [2.75, 3.05) is 5.43 Å². The molecule has 0 bridgehead atoms. The smallest absolute Gasteiger partial charge is 0.0637 e. The molecule has 1 heterocycles. The Labute approximate surface area is 77.0 Å². The van der Waals surface area contributed by atoms with Crippen molar-refractivity contribution in [3.8, 4) is 0 Å². The van der Waals surface area contributed by atoms with E-state index in [0.29, 0.717) is 6.54 Å². The molecule has 0 aliphatic carbocycles. The molecule has 0 saturated heterocycles. The highest BCUT2D eigenvalue weighted by atomic mass is 15.3. The molecule has 0 aromatic heterocycles. The molecule has 1 aliphatic heterocycles. The van der Waals surface area contributed by atoms with Crippen molar-refractivity contribution < 1.29 is 0 Å². The van der Waals surface area contributed by atoms with Gasteiger partial charge in [0.2, 0.25) is 0 Å². The number of anilines is 1. The van der Waals surface area contributed by atoms with E-state index < -0.39 is 0 Å². The van der Waals surface area contributed by atoms with E-state index >= 15 is 0 Å². The summed E-state index contributed by atoms with van der Waals surface area (Å²) in [6.07, 6.45) is 5.64. The lowest BCUT2D eigenvalue weighted by Crippen LogP contribution is -1.98. The summed E-state index contributed by atoms with van der Waals surface area (Å²) in [5, 5.41) is 3.98. The molecule has 0 radical (unpaired) electrons. The summed E-state index contributed by atoms with van der Waals surface area (Å²) in [7, 11) is 0. The van der Waals surface area contributed by atoms with E-state index in [1.807, 2.05) is 30.4 Å². The van der Waals surface area contributed by atoms with Crippen molar-refractivity contribution in [2.24, 2.45) is 10.8 Å². The number of hydrogen-bond donors (Lipinski definition) is 2. The van der Waals surface area contributed by atoms with Crippen LogP contribution in [0.5, 0.6) is 0 Å². The van der Waals surface area contributed by atoms with Crippen molar-refractivity contribution in [3.63, 3.8) is 0 Å². The molecule has 3 N–H and O–H groups in total. The molecule has 66 valence electrons. The largest absolute Gasteiger partial charge is 0.326 e. The first-order chi connectivity index (χ1) is 6.40. The zero-order valence-electron chi connectivity index (χ0n) is 7.20. The van der Waals surface area contributed by atoms with E-state index in [0.717, 1.165) is 16.8 Å². The van der Waals surface area contributed by atoms with Gasteiger partial charge in [0.15, 0.2) is 0 Å². The molecule has 0 spiro atoms. The van der Waals surface area contributed by atoms with Gasteiger partial charge in [-0.1, -0.05) is 18.2 Å². The van der Waals surface area contributed by atoms with Gasteiger partial charge in [-0.3, -0.25) is 5.43 Å². The lowest BCUT2D eigenvalue weighted by atomic mass is 10.1. The second-order valence-electron chi connectivity index (χ2n) is 2.87. The van der Waals surface area contributed by atoms with Gasteiger partial charge < -0.3 is 5.73 Å². The first-order valence-corrected chi connectivity index (χ1v) is 4.19. The maximum Gasteiger partial charge on any atom is 0.0637 e. The third-order valence-corrected chi connectivity index (χ3v) is 1.97. The van der Waals surface area contributed by atoms with E-state index in [1.165, 1.54) is 0 Å². The Morgan fingerprint density at radius 3 is 3.15 bits per heavy atom. The fraction of sp³-hybridized carbons (Fsp3) is 0.100. The van der Waals surface area contributed by atoms with Crippen molar-refractivity contribution >= 4 is 18.0 Å². The Balaban J connectivity index is 2.45. The summed E-state index contributed by atoms with van der Waals surface area (Å²) < 4.78 is 0. The molecule has 2 rings (SSSR count). The number of rotatable bonds is 1. The molecule has 1 aliphatic rings. The van der Waals surface area contributed by atoms with Gasteiger partial charge in [-0.25, -0.2) is 0 Å². The third kappa shape index (κ3) is 1.60. The molecule has 3 nitrogen and oxygen atoms in total. The summed E-state index contributed by atoms with van der Waals surface area (Å²) >= 11 is 0. The standard InChI is InChI=1S/C10H11N3/c11-7-8-3-4-9-2-1-5-12-13-10(9)6-8/h1-6,13H,7,11H2. The number of nitrogens with one attached hydrogen (secondary N) is 1. The Bertz CT molecular complexity index is 366. The van der Waals surface area contributed by atoms with E-state index in [1.54, 1.807) is 6.21 Å². The Morgan fingerprint density at radius 2 is 2.31 bits per heavy atom. The summed E-state index contributed by atoms with van der Waals surface area (Å²) in [6, 6.07) is 6.08. The number of fused-ring (bicyclic) bond motifs is 1. The summed E-state index contributed by atoms with van der Waals surface area (Å²) in [5.41, 5.74) is 11.7. The first kappa shape index (κ1) is 8.01. The van der Waals surface area contributed by atoms with Gasteiger partial charge in [0.25, 0.3) is 0 Å². The second-order valence-corrected chi connectivity index (χ2v) is 2.87. The minimum absolute atomic E-state index is 0.558. The van der Waals surface area contributed by atoms with Gasteiger partial charge in [0.05, 0.1) is 5.69 Å². The van der Waals surface area contributed by atoms with Gasteiger partial charge in [0.1, 0.15) is 0 Å². The van der Waals surface area contributed by atoms with Crippen LogP contribution in [0, 0.1) is 0 Å². The molecule has 3 heteroatoms. The van der Waals surface area contributed by atoms with Gasteiger partial charge in [-0.15, -0.1) is 0 Å². The quantitative estimate of drug-likeness (QED) is 0.677. The van der Waals surface area contributed by atoms with Gasteiger partial charge >= 0.3 is 0 Å². The SMILES string of the molecule is NCc1ccc2c(c1)NN=CC=C2. The van der Waals surface area contributed by atoms with E-state index in [9.17, 15) is 0 Å². The van der Waals surface area contributed by atoms with Crippen molar-refractivity contribution in [2.45, 2.75) is 6.54 Å². The minimum Gasteiger partial charge on any atom is -0.326 e. The zero-order chi connectivity index (χ0) is 9.10. The lowest BCUT2D eigenvalue weighted by molar-refractivity contribution is 1.07. The van der Waals surface area contributed by atoms with Gasteiger partial charge in [-0.2, -0.15) is 5.10 Å². The molecule has 0 amide bonds. The van der Waals surface area contributed by atoms with E-state index in [4.69, 9.17) is 5.73 Å². The van der Waals surface area contributed by atoms with Gasteiger partial charge in [-0.05, 0) is 23.3 Å². The highest BCUT2D eigenvalue weighted by molar-refractivity contribution is 5.84. The number of nitrogens with two attached hydrogens (primary N) is 1. The first-order valence-electron chi connectivity index (χ1n) is 4.19. The molecular weight excluding hydrogens is 162 g/mol. The van der Waals surface area contributed by atoms with Crippen LogP contribution in [0.25, 0.3) is 6.08 Å². The molecule has 0 fully saturated rings. The highest BCUT2D eigenvalue weighted by Crippen LogP contribution is 2.20. The number of allylic oxidation sites excluding steroid dienone is 1. The third-order valence-electron chi connectivity index (χ3n) is 1.97. The number of nitrogens with zero attached hydrogens (tertiary/aromatic N) is 1. The topological polar surface area (TPSA) is 50.4 Å². The maximum atomic E-state index is 5.54. The maximum absolute atomic E-state index is 5.54. The summed E-state index contributed by atoms with van der Waals surface area (Å²) in [5.74, 6) is 0.